The Labute approximate surface area is 160 Å². The van der Waals surface area contributed by atoms with Crippen LogP contribution in [0.2, 0.25) is 5.02 Å². The molecule has 0 fully saturated rings. The van der Waals surface area contributed by atoms with Gasteiger partial charge in [0.25, 0.3) is 11.8 Å². The minimum absolute atomic E-state index is 0.180. The van der Waals surface area contributed by atoms with Gasteiger partial charge < -0.3 is 0 Å². The van der Waals surface area contributed by atoms with Crippen molar-refractivity contribution in [2.75, 3.05) is 6.54 Å². The van der Waals surface area contributed by atoms with E-state index in [0.29, 0.717) is 28.5 Å². The third-order valence-corrected chi connectivity index (χ3v) is 6.01. The average molecular weight is 392 g/mol. The molecule has 0 saturated carbocycles. The van der Waals surface area contributed by atoms with Crippen molar-refractivity contribution in [1.82, 2.24) is 4.90 Å². The van der Waals surface area contributed by atoms with Crippen molar-refractivity contribution in [3.8, 4) is 0 Å². The summed E-state index contributed by atoms with van der Waals surface area (Å²) in [6.07, 6.45) is 0.617. The third kappa shape index (κ3) is 4.00. The second-order valence-electron chi connectivity index (χ2n) is 5.99. The van der Waals surface area contributed by atoms with E-state index in [9.17, 15) is 9.59 Å². The highest BCUT2D eigenvalue weighted by Crippen LogP contribution is 2.39. The fourth-order valence-electron chi connectivity index (χ4n) is 2.63. The van der Waals surface area contributed by atoms with Crippen molar-refractivity contribution in [3.63, 3.8) is 0 Å². The Morgan fingerprint density at radius 2 is 1.84 bits per heavy atom. The number of nitrogens with zero attached hydrogens (tertiary/aromatic N) is 1. The molecule has 0 unspecified atom stereocenters. The Hall–Kier alpha value is -1.56. The van der Waals surface area contributed by atoms with Gasteiger partial charge in [0.1, 0.15) is 0 Å². The number of thiophene rings is 1. The zero-order chi connectivity index (χ0) is 18.0. The van der Waals surface area contributed by atoms with Gasteiger partial charge in [-0.15, -0.1) is 23.1 Å². The number of amides is 2. The first kappa shape index (κ1) is 18.2. The molecule has 130 valence electrons. The van der Waals surface area contributed by atoms with Crippen molar-refractivity contribution in [2.24, 2.45) is 0 Å². The molecule has 1 aromatic heterocycles. The molecule has 0 aliphatic carbocycles. The molecular formula is C19H18ClNO2S2. The number of carbonyl (C=O) groups excluding carboxylic acids is 2. The summed E-state index contributed by atoms with van der Waals surface area (Å²) < 4.78 is 0. The number of hydrogen-bond donors (Lipinski definition) is 0. The Morgan fingerprint density at radius 1 is 1.12 bits per heavy atom. The summed E-state index contributed by atoms with van der Waals surface area (Å²) >= 11 is 8.86. The van der Waals surface area contributed by atoms with E-state index in [1.807, 2.05) is 55.6 Å². The SMILES string of the molecule is CC(C)SC1=C(c2cccs2)C(=O)N(CCc2ccc(Cl)cc2)C1=O. The number of imide groups is 1. The lowest BCUT2D eigenvalue weighted by molar-refractivity contribution is -0.136. The van der Waals surface area contributed by atoms with Crippen LogP contribution in [0.1, 0.15) is 24.3 Å². The van der Waals surface area contributed by atoms with Crippen molar-refractivity contribution in [2.45, 2.75) is 25.5 Å². The van der Waals surface area contributed by atoms with Crippen LogP contribution in [-0.2, 0) is 16.0 Å². The fourth-order valence-corrected chi connectivity index (χ4v) is 4.59. The largest absolute Gasteiger partial charge is 0.273 e. The van der Waals surface area contributed by atoms with Crippen LogP contribution in [0.25, 0.3) is 5.57 Å². The number of rotatable bonds is 6. The summed E-state index contributed by atoms with van der Waals surface area (Å²) in [5, 5.41) is 2.83. The first-order chi connectivity index (χ1) is 12.0. The highest BCUT2D eigenvalue weighted by atomic mass is 35.5. The topological polar surface area (TPSA) is 37.4 Å². The fraction of sp³-hybridized carbons (Fsp3) is 0.263. The van der Waals surface area contributed by atoms with E-state index < -0.39 is 0 Å². The lowest BCUT2D eigenvalue weighted by Crippen LogP contribution is -2.33. The Kier molecular flexibility index (Phi) is 5.67. The second-order valence-corrected chi connectivity index (χ2v) is 8.96. The molecule has 2 amide bonds. The molecule has 25 heavy (non-hydrogen) atoms. The quantitative estimate of drug-likeness (QED) is 0.659. The first-order valence-corrected chi connectivity index (χ1v) is 10.2. The molecule has 1 aliphatic rings. The number of halogens is 1. The Bertz CT molecular complexity index is 810. The van der Waals surface area contributed by atoms with Gasteiger partial charge in [-0.05, 0) is 35.6 Å². The molecule has 0 N–H and O–H groups in total. The third-order valence-electron chi connectivity index (χ3n) is 3.78. The second kappa shape index (κ2) is 7.77. The number of benzene rings is 1. The molecular weight excluding hydrogens is 374 g/mol. The zero-order valence-corrected chi connectivity index (χ0v) is 16.4. The summed E-state index contributed by atoms with van der Waals surface area (Å²) in [6.45, 7) is 4.42. The maximum absolute atomic E-state index is 12.9. The van der Waals surface area contributed by atoms with Crippen LogP contribution >= 0.6 is 34.7 Å². The van der Waals surface area contributed by atoms with Crippen LogP contribution in [-0.4, -0.2) is 28.5 Å². The average Bonchev–Trinajstić information content (AvgIpc) is 3.16. The van der Waals surface area contributed by atoms with Gasteiger partial charge in [0.15, 0.2) is 0 Å². The van der Waals surface area contributed by atoms with Crippen molar-refractivity contribution in [1.29, 1.82) is 0 Å². The minimum atomic E-state index is -0.190. The summed E-state index contributed by atoms with van der Waals surface area (Å²) in [4.78, 5) is 28.5. The summed E-state index contributed by atoms with van der Waals surface area (Å²) in [7, 11) is 0. The van der Waals surface area contributed by atoms with Gasteiger partial charge in [-0.3, -0.25) is 14.5 Å². The van der Waals surface area contributed by atoms with Crippen molar-refractivity contribution < 1.29 is 9.59 Å². The summed E-state index contributed by atoms with van der Waals surface area (Å²) in [5.74, 6) is -0.370. The van der Waals surface area contributed by atoms with Gasteiger partial charge in [0.05, 0.1) is 10.5 Å². The van der Waals surface area contributed by atoms with E-state index >= 15 is 0 Å². The maximum atomic E-state index is 12.9. The molecule has 0 radical (unpaired) electrons. The van der Waals surface area contributed by atoms with Gasteiger partial charge in [-0.2, -0.15) is 0 Å². The normalized spacial score (nSPS) is 15.0. The highest BCUT2D eigenvalue weighted by Gasteiger charge is 2.39. The molecule has 0 atom stereocenters. The van der Waals surface area contributed by atoms with Crippen LogP contribution in [0.5, 0.6) is 0 Å². The molecule has 0 spiro atoms. The number of carbonyl (C=O) groups is 2. The molecule has 0 bridgehead atoms. The molecule has 3 rings (SSSR count). The molecule has 0 saturated heterocycles. The van der Waals surface area contributed by atoms with Crippen molar-refractivity contribution in [3.05, 3.63) is 62.1 Å². The van der Waals surface area contributed by atoms with E-state index in [1.54, 1.807) is 0 Å². The van der Waals surface area contributed by atoms with Gasteiger partial charge in [-0.1, -0.05) is 43.6 Å². The van der Waals surface area contributed by atoms with Crippen LogP contribution in [0.4, 0.5) is 0 Å². The molecule has 2 heterocycles. The summed E-state index contributed by atoms with van der Waals surface area (Å²) in [5.41, 5.74) is 1.60. The minimum Gasteiger partial charge on any atom is -0.273 e. The molecule has 3 nitrogen and oxygen atoms in total. The van der Waals surface area contributed by atoms with E-state index in [1.165, 1.54) is 28.0 Å². The van der Waals surface area contributed by atoms with Gasteiger partial charge >= 0.3 is 0 Å². The van der Waals surface area contributed by atoms with Crippen LogP contribution in [0, 0.1) is 0 Å². The zero-order valence-electron chi connectivity index (χ0n) is 14.0. The van der Waals surface area contributed by atoms with Gasteiger partial charge in [0, 0.05) is 21.7 Å². The van der Waals surface area contributed by atoms with Gasteiger partial charge in [-0.25, -0.2) is 0 Å². The van der Waals surface area contributed by atoms with Crippen LogP contribution in [0.3, 0.4) is 0 Å². The highest BCUT2D eigenvalue weighted by molar-refractivity contribution is 8.04. The Morgan fingerprint density at radius 3 is 2.44 bits per heavy atom. The smallest absolute Gasteiger partial charge is 0.268 e. The van der Waals surface area contributed by atoms with E-state index in [4.69, 9.17) is 11.6 Å². The monoisotopic (exact) mass is 391 g/mol. The number of hydrogen-bond acceptors (Lipinski definition) is 4. The van der Waals surface area contributed by atoms with Crippen LogP contribution < -0.4 is 0 Å². The first-order valence-electron chi connectivity index (χ1n) is 8.03. The standard InChI is InChI=1S/C19H18ClNO2S2/c1-12(2)25-17-16(15-4-3-11-24-15)18(22)21(19(17)23)10-9-13-5-7-14(20)8-6-13/h3-8,11-12H,9-10H2,1-2H3. The maximum Gasteiger partial charge on any atom is 0.268 e. The van der Waals surface area contributed by atoms with Crippen LogP contribution in [0.15, 0.2) is 46.7 Å². The van der Waals surface area contributed by atoms with E-state index in [0.717, 1.165) is 10.4 Å². The number of thioether (sulfide) groups is 1. The molecule has 1 aromatic carbocycles. The molecule has 6 heteroatoms. The van der Waals surface area contributed by atoms with Gasteiger partial charge in [0.2, 0.25) is 0 Å². The Balaban J connectivity index is 1.82. The molecule has 1 aliphatic heterocycles. The lowest BCUT2D eigenvalue weighted by atomic mass is 10.1. The van der Waals surface area contributed by atoms with E-state index in [2.05, 4.69) is 0 Å². The lowest BCUT2D eigenvalue weighted by Gasteiger charge is -2.15. The predicted octanol–water partition coefficient (Wildman–Crippen LogP) is 4.87. The molecule has 2 aromatic rings. The van der Waals surface area contributed by atoms with E-state index in [-0.39, 0.29) is 17.1 Å². The predicted molar refractivity (Wildman–Crippen MR) is 106 cm³/mol. The summed E-state index contributed by atoms with van der Waals surface area (Å²) in [6, 6.07) is 11.3. The van der Waals surface area contributed by atoms with Crippen molar-refractivity contribution >= 4 is 52.1 Å².